The average Bonchev–Trinajstić information content (AvgIpc) is 2.16. The van der Waals surface area contributed by atoms with Gasteiger partial charge < -0.3 is 5.32 Å². The van der Waals surface area contributed by atoms with E-state index in [0.717, 1.165) is 19.4 Å². The molecule has 0 unspecified atom stereocenters. The quantitative estimate of drug-likeness (QED) is 0.744. The summed E-state index contributed by atoms with van der Waals surface area (Å²) in [6, 6.07) is 6.75. The highest BCUT2D eigenvalue weighted by Gasteiger charge is 1.99. The normalized spacial score (nSPS) is 10.4. The minimum atomic E-state index is 1.07. The van der Waals surface area contributed by atoms with Gasteiger partial charge in [0.25, 0.3) is 0 Å². The van der Waals surface area contributed by atoms with E-state index in [2.05, 4.69) is 37.4 Å². The van der Waals surface area contributed by atoms with Gasteiger partial charge in [-0.2, -0.15) is 0 Å². The van der Waals surface area contributed by atoms with Crippen molar-refractivity contribution < 1.29 is 0 Å². The third-order valence-corrected chi connectivity index (χ3v) is 2.39. The van der Waals surface area contributed by atoms with Gasteiger partial charge in [0.2, 0.25) is 0 Å². The molecule has 0 saturated heterocycles. The molecule has 1 N–H and O–H groups in total. The van der Waals surface area contributed by atoms with E-state index < -0.39 is 0 Å². The highest BCUT2D eigenvalue weighted by molar-refractivity contribution is 5.31. The van der Waals surface area contributed by atoms with Crippen LogP contribution < -0.4 is 5.32 Å². The van der Waals surface area contributed by atoms with Crippen LogP contribution in [0, 0.1) is 6.92 Å². The molecule has 0 aromatic heterocycles. The molecule has 0 saturated carbocycles. The Kier molecular flexibility index (Phi) is 3.97. The van der Waals surface area contributed by atoms with Crippen LogP contribution >= 0.6 is 0 Å². The van der Waals surface area contributed by atoms with Gasteiger partial charge in [-0.05, 0) is 44.5 Å². The second-order valence-electron chi connectivity index (χ2n) is 3.48. The molecule has 1 heteroatoms. The van der Waals surface area contributed by atoms with Gasteiger partial charge in [0, 0.05) is 0 Å². The number of likely N-dealkylation sites (N-methyl/N-ethyl adjacent to an activating group) is 1. The monoisotopic (exact) mass is 177 g/mol. The highest BCUT2D eigenvalue weighted by atomic mass is 14.8. The SMILES string of the molecule is CCc1cc(C)ccc1CCNC. The second kappa shape index (κ2) is 5.03. The smallest absolute Gasteiger partial charge is 0.00113 e. The maximum atomic E-state index is 3.18. The lowest BCUT2D eigenvalue weighted by Gasteiger charge is -2.08. The van der Waals surface area contributed by atoms with Gasteiger partial charge in [-0.3, -0.25) is 0 Å². The van der Waals surface area contributed by atoms with E-state index in [1.54, 1.807) is 0 Å². The molecule has 1 rings (SSSR count). The van der Waals surface area contributed by atoms with E-state index >= 15 is 0 Å². The van der Waals surface area contributed by atoms with Crippen LogP contribution in [0.15, 0.2) is 18.2 Å². The summed E-state index contributed by atoms with van der Waals surface area (Å²) in [5.41, 5.74) is 4.35. The van der Waals surface area contributed by atoms with Crippen molar-refractivity contribution in [3.63, 3.8) is 0 Å². The number of nitrogens with one attached hydrogen (secondary N) is 1. The van der Waals surface area contributed by atoms with Crippen LogP contribution in [0.5, 0.6) is 0 Å². The molecule has 0 atom stereocenters. The van der Waals surface area contributed by atoms with Crippen LogP contribution in [0.25, 0.3) is 0 Å². The van der Waals surface area contributed by atoms with Crippen molar-refractivity contribution >= 4 is 0 Å². The maximum Gasteiger partial charge on any atom is -0.00113 e. The summed E-state index contributed by atoms with van der Waals surface area (Å²) in [4.78, 5) is 0. The lowest BCUT2D eigenvalue weighted by Crippen LogP contribution is -2.11. The van der Waals surface area contributed by atoms with E-state index in [9.17, 15) is 0 Å². The molecule has 0 bridgehead atoms. The zero-order valence-electron chi connectivity index (χ0n) is 8.85. The summed E-state index contributed by atoms with van der Waals surface area (Å²) in [7, 11) is 2.00. The van der Waals surface area contributed by atoms with Crippen molar-refractivity contribution in [2.24, 2.45) is 0 Å². The van der Waals surface area contributed by atoms with E-state index in [4.69, 9.17) is 0 Å². The average molecular weight is 177 g/mol. The molecule has 0 aliphatic rings. The fourth-order valence-corrected chi connectivity index (χ4v) is 1.59. The molecule has 0 fully saturated rings. The van der Waals surface area contributed by atoms with Crippen LogP contribution in [-0.2, 0) is 12.8 Å². The fourth-order valence-electron chi connectivity index (χ4n) is 1.59. The summed E-state index contributed by atoms with van der Waals surface area (Å²) >= 11 is 0. The molecular formula is C12H19N. The van der Waals surface area contributed by atoms with Gasteiger partial charge in [0.05, 0.1) is 0 Å². The third-order valence-electron chi connectivity index (χ3n) is 2.39. The van der Waals surface area contributed by atoms with E-state index in [1.165, 1.54) is 16.7 Å². The van der Waals surface area contributed by atoms with E-state index in [1.807, 2.05) is 7.05 Å². The van der Waals surface area contributed by atoms with E-state index in [0.29, 0.717) is 0 Å². The summed E-state index contributed by atoms with van der Waals surface area (Å²) < 4.78 is 0. The first kappa shape index (κ1) is 10.3. The first-order chi connectivity index (χ1) is 6.27. The number of rotatable bonds is 4. The first-order valence-corrected chi connectivity index (χ1v) is 5.01. The molecule has 0 aliphatic heterocycles. The Bertz CT molecular complexity index is 266. The molecule has 0 amide bonds. The van der Waals surface area contributed by atoms with Crippen LogP contribution in [0.3, 0.4) is 0 Å². The van der Waals surface area contributed by atoms with Crippen molar-refractivity contribution in [2.45, 2.75) is 26.7 Å². The van der Waals surface area contributed by atoms with Gasteiger partial charge in [-0.1, -0.05) is 30.7 Å². The lowest BCUT2D eigenvalue weighted by atomic mass is 10.00. The van der Waals surface area contributed by atoms with Crippen molar-refractivity contribution in [1.29, 1.82) is 0 Å². The Morgan fingerprint density at radius 3 is 2.62 bits per heavy atom. The molecule has 1 nitrogen and oxygen atoms in total. The fraction of sp³-hybridized carbons (Fsp3) is 0.500. The lowest BCUT2D eigenvalue weighted by molar-refractivity contribution is 0.785. The molecular weight excluding hydrogens is 158 g/mol. The number of benzene rings is 1. The van der Waals surface area contributed by atoms with Crippen LogP contribution in [-0.4, -0.2) is 13.6 Å². The standard InChI is InChI=1S/C12H19N/c1-4-11-9-10(2)5-6-12(11)7-8-13-3/h5-6,9,13H,4,7-8H2,1-3H3. The maximum absolute atomic E-state index is 3.18. The highest BCUT2D eigenvalue weighted by Crippen LogP contribution is 2.12. The number of hydrogen-bond acceptors (Lipinski definition) is 1. The minimum Gasteiger partial charge on any atom is -0.319 e. The van der Waals surface area contributed by atoms with Crippen molar-refractivity contribution in [1.82, 2.24) is 5.32 Å². The Hall–Kier alpha value is -0.820. The summed E-state index contributed by atoms with van der Waals surface area (Å²) in [6.07, 6.45) is 2.28. The van der Waals surface area contributed by atoms with Gasteiger partial charge in [-0.25, -0.2) is 0 Å². The Morgan fingerprint density at radius 1 is 1.23 bits per heavy atom. The van der Waals surface area contributed by atoms with Gasteiger partial charge in [-0.15, -0.1) is 0 Å². The van der Waals surface area contributed by atoms with Crippen LogP contribution in [0.1, 0.15) is 23.6 Å². The van der Waals surface area contributed by atoms with Crippen LogP contribution in [0.4, 0.5) is 0 Å². The zero-order valence-corrected chi connectivity index (χ0v) is 8.85. The number of hydrogen-bond donors (Lipinski definition) is 1. The molecule has 13 heavy (non-hydrogen) atoms. The van der Waals surface area contributed by atoms with Crippen molar-refractivity contribution in [2.75, 3.05) is 13.6 Å². The van der Waals surface area contributed by atoms with Gasteiger partial charge in [0.1, 0.15) is 0 Å². The third kappa shape index (κ3) is 2.85. The van der Waals surface area contributed by atoms with Crippen molar-refractivity contribution in [3.05, 3.63) is 34.9 Å². The summed E-state index contributed by atoms with van der Waals surface area (Å²) in [5, 5.41) is 3.18. The summed E-state index contributed by atoms with van der Waals surface area (Å²) in [5.74, 6) is 0. The van der Waals surface area contributed by atoms with Crippen molar-refractivity contribution in [3.8, 4) is 0 Å². The molecule has 1 aromatic rings. The van der Waals surface area contributed by atoms with Gasteiger partial charge >= 0.3 is 0 Å². The zero-order chi connectivity index (χ0) is 9.68. The minimum absolute atomic E-state index is 1.07. The molecule has 1 aromatic carbocycles. The molecule has 0 aliphatic carbocycles. The Labute approximate surface area is 81.2 Å². The predicted octanol–water partition coefficient (Wildman–Crippen LogP) is 2.32. The Balaban J connectivity index is 2.79. The molecule has 0 heterocycles. The predicted molar refractivity (Wildman–Crippen MR) is 58.2 cm³/mol. The summed E-state index contributed by atoms with van der Waals surface area (Å²) in [6.45, 7) is 5.44. The Morgan fingerprint density at radius 2 is 2.00 bits per heavy atom. The first-order valence-electron chi connectivity index (χ1n) is 5.01. The van der Waals surface area contributed by atoms with Crippen LogP contribution in [0.2, 0.25) is 0 Å². The number of aryl methyl sites for hydroxylation is 2. The molecule has 0 spiro atoms. The topological polar surface area (TPSA) is 12.0 Å². The molecule has 72 valence electrons. The molecule has 0 radical (unpaired) electrons. The van der Waals surface area contributed by atoms with E-state index in [-0.39, 0.29) is 0 Å². The largest absolute Gasteiger partial charge is 0.319 e. The second-order valence-corrected chi connectivity index (χ2v) is 3.48. The van der Waals surface area contributed by atoms with Gasteiger partial charge in [0.15, 0.2) is 0 Å².